The van der Waals surface area contributed by atoms with Crippen LogP contribution in [0.1, 0.15) is 49.8 Å². The minimum Gasteiger partial charge on any atom is -0.337 e. The van der Waals surface area contributed by atoms with E-state index >= 15 is 0 Å². The molecule has 2 aliphatic rings. The number of nitrogens with zero attached hydrogens (tertiary/aromatic N) is 3. The van der Waals surface area contributed by atoms with Gasteiger partial charge in [0, 0.05) is 30.7 Å². The maximum atomic E-state index is 13.9. The molecule has 2 aliphatic heterocycles. The lowest BCUT2D eigenvalue weighted by Crippen LogP contribution is -2.48. The number of aryl methyl sites for hydroxylation is 1. The molecule has 0 unspecified atom stereocenters. The van der Waals surface area contributed by atoms with Crippen LogP contribution in [-0.2, 0) is 11.3 Å². The summed E-state index contributed by atoms with van der Waals surface area (Å²) in [6.45, 7) is 6.13. The maximum Gasteiger partial charge on any atom is 0.227 e. The number of benzene rings is 1. The lowest BCUT2D eigenvalue weighted by atomic mass is 9.88. The summed E-state index contributed by atoms with van der Waals surface area (Å²) in [6.07, 6.45) is 6.41. The molecule has 1 amide bonds. The van der Waals surface area contributed by atoms with E-state index in [1.54, 1.807) is 12.1 Å². The molecular formula is C23H31FN4O. The van der Waals surface area contributed by atoms with Gasteiger partial charge in [-0.2, -0.15) is 5.10 Å². The van der Waals surface area contributed by atoms with Crippen LogP contribution < -0.4 is 5.32 Å². The van der Waals surface area contributed by atoms with Gasteiger partial charge in [0.25, 0.3) is 0 Å². The van der Waals surface area contributed by atoms with E-state index in [1.807, 2.05) is 36.9 Å². The summed E-state index contributed by atoms with van der Waals surface area (Å²) in [5, 5.41) is 8.13. The SMILES string of the molecule is Cc1ccn(C[C@H](C)C(=O)N2C[C@@H](c3cccc(F)c3)[C@@H]3NCCCCC[C@H]32)n1. The lowest BCUT2D eigenvalue weighted by molar-refractivity contribution is -0.136. The van der Waals surface area contributed by atoms with Crippen LogP contribution in [0.25, 0.3) is 0 Å². The number of fused-ring (bicyclic) bond motifs is 1. The molecule has 2 saturated heterocycles. The Bertz CT molecular complexity index is 851. The predicted octanol–water partition coefficient (Wildman–Crippen LogP) is 3.49. The number of rotatable bonds is 4. The van der Waals surface area contributed by atoms with Crippen LogP contribution in [0.2, 0.25) is 0 Å². The molecule has 0 aliphatic carbocycles. The molecule has 0 radical (unpaired) electrons. The summed E-state index contributed by atoms with van der Waals surface area (Å²) in [4.78, 5) is 15.5. The Kier molecular flexibility index (Phi) is 5.99. The highest BCUT2D eigenvalue weighted by atomic mass is 19.1. The average Bonchev–Trinajstić information content (AvgIpc) is 3.24. The van der Waals surface area contributed by atoms with Gasteiger partial charge in [-0.3, -0.25) is 9.48 Å². The van der Waals surface area contributed by atoms with Crippen molar-refractivity contribution in [2.75, 3.05) is 13.1 Å². The zero-order chi connectivity index (χ0) is 20.4. The first-order valence-electron chi connectivity index (χ1n) is 10.8. The number of halogens is 1. The maximum absolute atomic E-state index is 13.9. The molecular weight excluding hydrogens is 367 g/mol. The molecule has 1 aromatic carbocycles. The molecule has 1 N–H and O–H groups in total. The van der Waals surface area contributed by atoms with Crippen molar-refractivity contribution in [2.45, 2.75) is 64.1 Å². The zero-order valence-corrected chi connectivity index (χ0v) is 17.4. The molecule has 6 heteroatoms. The van der Waals surface area contributed by atoms with E-state index in [-0.39, 0.29) is 35.6 Å². The molecule has 29 heavy (non-hydrogen) atoms. The number of hydrogen-bond donors (Lipinski definition) is 1. The zero-order valence-electron chi connectivity index (χ0n) is 17.4. The van der Waals surface area contributed by atoms with Crippen LogP contribution >= 0.6 is 0 Å². The first kappa shape index (κ1) is 20.1. The third kappa shape index (κ3) is 4.37. The Hall–Kier alpha value is -2.21. The van der Waals surface area contributed by atoms with E-state index in [0.717, 1.165) is 37.1 Å². The van der Waals surface area contributed by atoms with Crippen molar-refractivity contribution < 1.29 is 9.18 Å². The van der Waals surface area contributed by atoms with Crippen molar-refractivity contribution in [2.24, 2.45) is 5.92 Å². The van der Waals surface area contributed by atoms with Crippen molar-refractivity contribution >= 4 is 5.91 Å². The van der Waals surface area contributed by atoms with Gasteiger partial charge in [0.15, 0.2) is 0 Å². The van der Waals surface area contributed by atoms with E-state index in [0.29, 0.717) is 13.1 Å². The second-order valence-corrected chi connectivity index (χ2v) is 8.63. The van der Waals surface area contributed by atoms with Gasteiger partial charge >= 0.3 is 0 Å². The Balaban J connectivity index is 1.56. The first-order chi connectivity index (χ1) is 14.0. The van der Waals surface area contributed by atoms with Crippen molar-refractivity contribution in [3.63, 3.8) is 0 Å². The predicted molar refractivity (Wildman–Crippen MR) is 111 cm³/mol. The van der Waals surface area contributed by atoms with E-state index in [1.165, 1.54) is 12.5 Å². The van der Waals surface area contributed by atoms with Gasteiger partial charge in [-0.15, -0.1) is 0 Å². The molecule has 3 heterocycles. The number of carbonyl (C=O) groups excluding carboxylic acids is 1. The highest BCUT2D eigenvalue weighted by Crippen LogP contribution is 2.36. The fraction of sp³-hybridized carbons (Fsp3) is 0.565. The van der Waals surface area contributed by atoms with Crippen LogP contribution in [0, 0.1) is 18.7 Å². The summed E-state index contributed by atoms with van der Waals surface area (Å²) < 4.78 is 15.8. The number of nitrogens with one attached hydrogen (secondary N) is 1. The van der Waals surface area contributed by atoms with Crippen molar-refractivity contribution in [3.8, 4) is 0 Å². The van der Waals surface area contributed by atoms with Gasteiger partial charge < -0.3 is 10.2 Å². The Morgan fingerprint density at radius 2 is 2.17 bits per heavy atom. The van der Waals surface area contributed by atoms with Crippen molar-refractivity contribution in [3.05, 3.63) is 53.6 Å². The fourth-order valence-electron chi connectivity index (χ4n) is 4.97. The van der Waals surface area contributed by atoms with Gasteiger partial charge in [0.1, 0.15) is 5.82 Å². The summed E-state index contributed by atoms with van der Waals surface area (Å²) in [6, 6.07) is 9.19. The second-order valence-electron chi connectivity index (χ2n) is 8.63. The number of likely N-dealkylation sites (tertiary alicyclic amines) is 1. The molecule has 4 rings (SSSR count). The van der Waals surface area contributed by atoms with Crippen molar-refractivity contribution in [1.82, 2.24) is 20.0 Å². The van der Waals surface area contributed by atoms with Crippen LogP contribution in [0.15, 0.2) is 36.5 Å². The minimum atomic E-state index is -0.211. The summed E-state index contributed by atoms with van der Waals surface area (Å²) in [5.41, 5.74) is 1.94. The second kappa shape index (κ2) is 8.66. The van der Waals surface area contributed by atoms with E-state index in [9.17, 15) is 9.18 Å². The molecule has 2 fully saturated rings. The highest BCUT2D eigenvalue weighted by Gasteiger charge is 2.45. The van der Waals surface area contributed by atoms with Crippen LogP contribution in [-0.4, -0.2) is 45.8 Å². The van der Waals surface area contributed by atoms with E-state index in [2.05, 4.69) is 15.3 Å². The number of amides is 1. The molecule has 0 saturated carbocycles. The van der Waals surface area contributed by atoms with Crippen LogP contribution in [0.4, 0.5) is 4.39 Å². The van der Waals surface area contributed by atoms with Gasteiger partial charge in [0.2, 0.25) is 5.91 Å². The third-order valence-corrected chi connectivity index (χ3v) is 6.41. The number of hydrogen-bond acceptors (Lipinski definition) is 3. The largest absolute Gasteiger partial charge is 0.337 e. The smallest absolute Gasteiger partial charge is 0.227 e. The molecule has 5 nitrogen and oxygen atoms in total. The normalized spacial score (nSPS) is 25.9. The molecule has 2 aromatic rings. The lowest BCUT2D eigenvalue weighted by Gasteiger charge is -2.32. The monoisotopic (exact) mass is 398 g/mol. The highest BCUT2D eigenvalue weighted by molar-refractivity contribution is 5.79. The van der Waals surface area contributed by atoms with E-state index in [4.69, 9.17) is 0 Å². The van der Waals surface area contributed by atoms with Gasteiger partial charge in [-0.05, 0) is 50.1 Å². The Labute approximate surface area is 172 Å². The third-order valence-electron chi connectivity index (χ3n) is 6.41. The molecule has 0 bridgehead atoms. The van der Waals surface area contributed by atoms with Gasteiger partial charge in [-0.1, -0.05) is 31.9 Å². The van der Waals surface area contributed by atoms with E-state index < -0.39 is 0 Å². The standard InChI is InChI=1S/C23H31FN4O/c1-16(14-27-12-10-17(2)26-27)23(29)28-15-20(18-7-6-8-19(24)13-18)22-21(28)9-4-3-5-11-25-22/h6-8,10,12-13,16,20-22,25H,3-5,9,11,14-15H2,1-2H3/t16-,20-,21+,22-/m0/s1. The van der Waals surface area contributed by atoms with Crippen LogP contribution in [0.5, 0.6) is 0 Å². The fourth-order valence-corrected chi connectivity index (χ4v) is 4.97. The summed E-state index contributed by atoms with van der Waals surface area (Å²) in [7, 11) is 0. The molecule has 156 valence electrons. The van der Waals surface area contributed by atoms with Crippen molar-refractivity contribution in [1.29, 1.82) is 0 Å². The average molecular weight is 399 g/mol. The topological polar surface area (TPSA) is 50.2 Å². The summed E-state index contributed by atoms with van der Waals surface area (Å²) in [5.74, 6) is -0.0601. The summed E-state index contributed by atoms with van der Waals surface area (Å²) >= 11 is 0. The van der Waals surface area contributed by atoms with Gasteiger partial charge in [0.05, 0.1) is 18.2 Å². The number of aromatic nitrogens is 2. The molecule has 4 atom stereocenters. The number of carbonyl (C=O) groups is 1. The van der Waals surface area contributed by atoms with Crippen LogP contribution in [0.3, 0.4) is 0 Å². The minimum absolute atomic E-state index is 0.122. The Morgan fingerprint density at radius 1 is 1.31 bits per heavy atom. The molecule has 0 spiro atoms. The van der Waals surface area contributed by atoms with Gasteiger partial charge in [-0.25, -0.2) is 4.39 Å². The quantitative estimate of drug-likeness (QED) is 0.858. The Morgan fingerprint density at radius 3 is 2.93 bits per heavy atom. The molecule has 1 aromatic heterocycles. The first-order valence-corrected chi connectivity index (χ1v) is 10.8.